The molecule has 0 aromatic rings. The maximum atomic E-state index is 9.45. The molecule has 1 saturated carbocycles. The first-order chi connectivity index (χ1) is 7.59. The molecular formula is C13H23NO2. The molecule has 0 aliphatic heterocycles. The number of hydrogen-bond donors (Lipinski definition) is 1. The highest BCUT2D eigenvalue weighted by Crippen LogP contribution is 2.30. The number of ether oxygens (including phenoxy) is 1. The predicted octanol–water partition coefficient (Wildman–Crippen LogP) is 2.78. The minimum Gasteiger partial charge on any atom is -0.391 e. The van der Waals surface area contributed by atoms with Gasteiger partial charge in [0.05, 0.1) is 18.3 Å². The third-order valence-corrected chi connectivity index (χ3v) is 3.46. The zero-order chi connectivity index (χ0) is 12.0. The third-order valence-electron chi connectivity index (χ3n) is 3.46. The van der Waals surface area contributed by atoms with Crippen molar-refractivity contribution >= 4 is 0 Å². The van der Waals surface area contributed by atoms with Crippen molar-refractivity contribution < 1.29 is 9.84 Å². The van der Waals surface area contributed by atoms with E-state index < -0.39 is 11.7 Å². The van der Waals surface area contributed by atoms with Crippen molar-refractivity contribution in [2.24, 2.45) is 0 Å². The maximum absolute atomic E-state index is 9.45. The molecule has 0 heterocycles. The fourth-order valence-corrected chi connectivity index (χ4v) is 2.19. The van der Waals surface area contributed by atoms with Crippen molar-refractivity contribution in [1.29, 1.82) is 5.26 Å². The molecule has 1 aliphatic rings. The summed E-state index contributed by atoms with van der Waals surface area (Å²) in [6.07, 6.45) is 6.59. The number of hydrogen-bond acceptors (Lipinski definition) is 3. The molecule has 3 heteroatoms. The summed E-state index contributed by atoms with van der Waals surface area (Å²) in [5.41, 5.74) is -0.656. The van der Waals surface area contributed by atoms with Gasteiger partial charge in [-0.05, 0) is 39.5 Å². The van der Waals surface area contributed by atoms with E-state index in [4.69, 9.17) is 4.74 Å². The fraction of sp³-hybridized carbons (Fsp3) is 0.923. The lowest BCUT2D eigenvalue weighted by Crippen LogP contribution is -2.39. The van der Waals surface area contributed by atoms with Gasteiger partial charge in [-0.3, -0.25) is 0 Å². The van der Waals surface area contributed by atoms with E-state index in [1.54, 1.807) is 6.92 Å². The lowest BCUT2D eigenvalue weighted by molar-refractivity contribution is -0.105. The van der Waals surface area contributed by atoms with E-state index in [0.717, 1.165) is 25.7 Å². The van der Waals surface area contributed by atoms with E-state index in [1.165, 1.54) is 19.3 Å². The minimum atomic E-state index is -0.656. The molecule has 2 atom stereocenters. The normalized spacial score (nSPS) is 24.9. The molecule has 3 nitrogen and oxygen atoms in total. The van der Waals surface area contributed by atoms with Crippen LogP contribution in [0.15, 0.2) is 0 Å². The summed E-state index contributed by atoms with van der Waals surface area (Å²) in [7, 11) is 0. The molecule has 92 valence electrons. The molecule has 1 N–H and O–H groups in total. The highest BCUT2D eigenvalue weighted by Gasteiger charge is 2.33. The fourth-order valence-electron chi connectivity index (χ4n) is 2.19. The van der Waals surface area contributed by atoms with Crippen LogP contribution >= 0.6 is 0 Å². The van der Waals surface area contributed by atoms with Gasteiger partial charge in [-0.15, -0.1) is 0 Å². The van der Waals surface area contributed by atoms with Crippen LogP contribution in [0.4, 0.5) is 0 Å². The second kappa shape index (κ2) is 6.22. The van der Waals surface area contributed by atoms with E-state index in [-0.39, 0.29) is 6.10 Å². The number of aliphatic hydroxyl groups is 1. The summed E-state index contributed by atoms with van der Waals surface area (Å²) < 4.78 is 5.81. The van der Waals surface area contributed by atoms with Gasteiger partial charge in [0.2, 0.25) is 0 Å². The summed E-state index contributed by atoms with van der Waals surface area (Å²) in [4.78, 5) is 0. The Balaban J connectivity index is 2.62. The Bertz CT molecular complexity index is 237. The summed E-state index contributed by atoms with van der Waals surface area (Å²) in [6.45, 7) is 3.54. The lowest BCUT2D eigenvalue weighted by atomic mass is 9.87. The summed E-state index contributed by atoms with van der Waals surface area (Å²) in [6, 6.07) is 2.34. The van der Waals surface area contributed by atoms with Gasteiger partial charge in [-0.25, -0.2) is 0 Å². The van der Waals surface area contributed by atoms with Crippen LogP contribution in [0.5, 0.6) is 0 Å². The Morgan fingerprint density at radius 1 is 1.12 bits per heavy atom. The monoisotopic (exact) mass is 225 g/mol. The first kappa shape index (κ1) is 13.5. The average Bonchev–Trinajstić information content (AvgIpc) is 2.22. The molecule has 1 rings (SSSR count). The number of aliphatic hydroxyl groups excluding tert-OH is 1. The highest BCUT2D eigenvalue weighted by atomic mass is 16.5. The van der Waals surface area contributed by atoms with Crippen LogP contribution in [0.3, 0.4) is 0 Å². The van der Waals surface area contributed by atoms with Crippen LogP contribution in [0, 0.1) is 11.3 Å². The van der Waals surface area contributed by atoms with Crippen molar-refractivity contribution in [3.8, 4) is 6.07 Å². The van der Waals surface area contributed by atoms with E-state index in [2.05, 4.69) is 6.07 Å². The number of nitrogens with zero attached hydrogens (tertiary/aromatic N) is 1. The van der Waals surface area contributed by atoms with Crippen LogP contribution in [0.25, 0.3) is 0 Å². The standard InChI is InChI=1S/C13H23NO2/c1-11(15)12(2)16-13(10-14)8-6-4-3-5-7-9-13/h11-12,15H,3-9H2,1-2H3. The molecule has 0 aromatic heterocycles. The molecule has 0 bridgehead atoms. The molecule has 1 fully saturated rings. The first-order valence-corrected chi connectivity index (χ1v) is 6.37. The van der Waals surface area contributed by atoms with Crippen LogP contribution in [0.1, 0.15) is 58.8 Å². The topological polar surface area (TPSA) is 53.2 Å². The van der Waals surface area contributed by atoms with Gasteiger partial charge < -0.3 is 9.84 Å². The van der Waals surface area contributed by atoms with Crippen molar-refractivity contribution in [2.45, 2.75) is 76.6 Å². The van der Waals surface area contributed by atoms with E-state index in [0.29, 0.717) is 0 Å². The second-order valence-electron chi connectivity index (χ2n) is 4.94. The largest absolute Gasteiger partial charge is 0.391 e. The molecular weight excluding hydrogens is 202 g/mol. The zero-order valence-corrected chi connectivity index (χ0v) is 10.4. The summed E-state index contributed by atoms with van der Waals surface area (Å²) in [5, 5.41) is 18.8. The Morgan fingerprint density at radius 2 is 1.62 bits per heavy atom. The number of rotatable bonds is 3. The molecule has 0 aromatic carbocycles. The molecule has 16 heavy (non-hydrogen) atoms. The van der Waals surface area contributed by atoms with E-state index in [1.807, 2.05) is 6.92 Å². The maximum Gasteiger partial charge on any atom is 0.154 e. The Kier molecular flexibility index (Phi) is 5.24. The number of nitriles is 1. The van der Waals surface area contributed by atoms with Crippen LogP contribution in [-0.2, 0) is 4.74 Å². The quantitative estimate of drug-likeness (QED) is 0.803. The zero-order valence-electron chi connectivity index (χ0n) is 10.4. The van der Waals surface area contributed by atoms with Gasteiger partial charge in [0.15, 0.2) is 5.60 Å². The van der Waals surface area contributed by atoms with Gasteiger partial charge in [0.1, 0.15) is 0 Å². The predicted molar refractivity (Wildman–Crippen MR) is 62.9 cm³/mol. The Morgan fingerprint density at radius 3 is 2.06 bits per heavy atom. The van der Waals surface area contributed by atoms with Crippen LogP contribution in [-0.4, -0.2) is 22.9 Å². The lowest BCUT2D eigenvalue weighted by Gasteiger charge is -2.32. The Labute approximate surface area is 98.4 Å². The van der Waals surface area contributed by atoms with Gasteiger partial charge in [-0.1, -0.05) is 19.3 Å². The van der Waals surface area contributed by atoms with Crippen molar-refractivity contribution in [3.63, 3.8) is 0 Å². The molecule has 0 spiro atoms. The Hall–Kier alpha value is -0.590. The smallest absolute Gasteiger partial charge is 0.154 e. The summed E-state index contributed by atoms with van der Waals surface area (Å²) in [5.74, 6) is 0. The van der Waals surface area contributed by atoms with E-state index >= 15 is 0 Å². The molecule has 0 radical (unpaired) electrons. The van der Waals surface area contributed by atoms with Crippen molar-refractivity contribution in [3.05, 3.63) is 0 Å². The first-order valence-electron chi connectivity index (χ1n) is 6.37. The van der Waals surface area contributed by atoms with Crippen LogP contribution < -0.4 is 0 Å². The van der Waals surface area contributed by atoms with Gasteiger partial charge in [0.25, 0.3) is 0 Å². The van der Waals surface area contributed by atoms with Crippen LogP contribution in [0.2, 0.25) is 0 Å². The van der Waals surface area contributed by atoms with Crippen molar-refractivity contribution in [2.75, 3.05) is 0 Å². The van der Waals surface area contributed by atoms with Crippen molar-refractivity contribution in [1.82, 2.24) is 0 Å². The van der Waals surface area contributed by atoms with Gasteiger partial charge >= 0.3 is 0 Å². The third kappa shape index (κ3) is 3.77. The SMILES string of the molecule is CC(O)C(C)OC1(C#N)CCCCCCC1. The molecule has 0 saturated heterocycles. The van der Waals surface area contributed by atoms with Gasteiger partial charge in [-0.2, -0.15) is 5.26 Å². The van der Waals surface area contributed by atoms with E-state index in [9.17, 15) is 10.4 Å². The highest BCUT2D eigenvalue weighted by molar-refractivity contribution is 5.02. The molecule has 2 unspecified atom stereocenters. The minimum absolute atomic E-state index is 0.265. The van der Waals surface area contributed by atoms with Gasteiger partial charge in [0, 0.05) is 0 Å². The molecule has 0 amide bonds. The average molecular weight is 225 g/mol. The summed E-state index contributed by atoms with van der Waals surface area (Å²) >= 11 is 0. The molecule has 1 aliphatic carbocycles. The second-order valence-corrected chi connectivity index (χ2v) is 4.94.